The number of piperidine rings is 3. The van der Waals surface area contributed by atoms with Gasteiger partial charge in [-0.25, -0.2) is 0 Å². The molecule has 0 aromatic heterocycles. The zero-order valence-electron chi connectivity index (χ0n) is 14.0. The minimum absolute atomic E-state index is 0.190. The zero-order valence-corrected chi connectivity index (χ0v) is 14.0. The predicted octanol–water partition coefficient (Wildman–Crippen LogP) is 1.72. The van der Waals surface area contributed by atoms with Crippen molar-refractivity contribution in [2.24, 2.45) is 11.0 Å². The quantitative estimate of drug-likeness (QED) is 0.860. The molecule has 4 heterocycles. The highest BCUT2D eigenvalue weighted by molar-refractivity contribution is 5.95. The molecule has 2 unspecified atom stereocenters. The fourth-order valence-electron chi connectivity index (χ4n) is 4.44. The molecule has 0 saturated carbocycles. The topological polar surface area (TPSA) is 63.3 Å². The van der Waals surface area contributed by atoms with Crippen LogP contribution in [0.4, 0.5) is 5.69 Å². The number of methoxy groups -OCH3 is 2. The van der Waals surface area contributed by atoms with E-state index in [1.165, 1.54) is 31.6 Å². The maximum absolute atomic E-state index is 6.19. The van der Waals surface area contributed by atoms with Gasteiger partial charge in [-0.3, -0.25) is 9.91 Å². The SMILES string of the molecule is COc1cc(C2C3C(=NN2C)C2CCN3CC2)cc(N)c1OC. The van der Waals surface area contributed by atoms with Crippen molar-refractivity contribution in [2.75, 3.05) is 40.1 Å². The van der Waals surface area contributed by atoms with Crippen molar-refractivity contribution < 1.29 is 9.47 Å². The van der Waals surface area contributed by atoms with Crippen LogP contribution in [0.5, 0.6) is 11.5 Å². The van der Waals surface area contributed by atoms with Gasteiger partial charge in [0.1, 0.15) is 0 Å². The predicted molar refractivity (Wildman–Crippen MR) is 90.0 cm³/mol. The molecule has 0 spiro atoms. The number of likely N-dealkylation sites (N-methyl/N-ethyl adjacent to an activating group) is 1. The van der Waals surface area contributed by atoms with Gasteiger partial charge in [0.25, 0.3) is 0 Å². The van der Waals surface area contributed by atoms with Crippen molar-refractivity contribution in [3.63, 3.8) is 0 Å². The fourth-order valence-corrected chi connectivity index (χ4v) is 4.44. The Morgan fingerprint density at radius 3 is 2.52 bits per heavy atom. The number of anilines is 1. The van der Waals surface area contributed by atoms with Crippen molar-refractivity contribution >= 4 is 11.4 Å². The maximum atomic E-state index is 6.19. The van der Waals surface area contributed by atoms with Crippen LogP contribution >= 0.6 is 0 Å². The molecule has 3 fully saturated rings. The first-order chi connectivity index (χ1) is 11.1. The van der Waals surface area contributed by atoms with E-state index < -0.39 is 0 Å². The van der Waals surface area contributed by atoms with E-state index in [1.807, 2.05) is 12.1 Å². The first kappa shape index (κ1) is 14.6. The third-order valence-corrected chi connectivity index (χ3v) is 5.49. The standard InChI is InChI=1S/C17H24N4O2/c1-20-15(11-8-12(18)17(23-3)13(9-11)22-2)16-14(19-20)10-4-6-21(16)7-5-10/h8-10,15-16H,4-7,18H2,1-3H3. The van der Waals surface area contributed by atoms with Crippen LogP contribution in [0.3, 0.4) is 0 Å². The zero-order chi connectivity index (χ0) is 16.1. The van der Waals surface area contributed by atoms with E-state index in [1.54, 1.807) is 14.2 Å². The van der Waals surface area contributed by atoms with Crippen LogP contribution in [-0.2, 0) is 0 Å². The van der Waals surface area contributed by atoms with Gasteiger partial charge in [0.05, 0.1) is 37.7 Å². The molecule has 6 nitrogen and oxygen atoms in total. The van der Waals surface area contributed by atoms with Crippen LogP contribution in [0, 0.1) is 5.92 Å². The molecule has 124 valence electrons. The van der Waals surface area contributed by atoms with Gasteiger partial charge >= 0.3 is 0 Å². The highest BCUT2D eigenvalue weighted by Gasteiger charge is 2.48. The van der Waals surface area contributed by atoms with Gasteiger partial charge in [0, 0.05) is 13.0 Å². The van der Waals surface area contributed by atoms with E-state index >= 15 is 0 Å². The Morgan fingerprint density at radius 2 is 1.87 bits per heavy atom. The summed E-state index contributed by atoms with van der Waals surface area (Å²) >= 11 is 0. The van der Waals surface area contributed by atoms with E-state index in [9.17, 15) is 0 Å². The smallest absolute Gasteiger partial charge is 0.183 e. The van der Waals surface area contributed by atoms with Crippen LogP contribution in [0.25, 0.3) is 0 Å². The molecule has 2 bridgehead atoms. The third-order valence-electron chi connectivity index (χ3n) is 5.49. The number of nitrogens with two attached hydrogens (primary N) is 1. The second-order valence-electron chi connectivity index (χ2n) is 6.64. The molecular weight excluding hydrogens is 292 g/mol. The van der Waals surface area contributed by atoms with Crippen molar-refractivity contribution in [1.29, 1.82) is 0 Å². The minimum atomic E-state index is 0.190. The van der Waals surface area contributed by atoms with Gasteiger partial charge in [-0.05, 0) is 43.6 Å². The largest absolute Gasteiger partial charge is 0.493 e. The van der Waals surface area contributed by atoms with Gasteiger partial charge in [-0.2, -0.15) is 5.10 Å². The Labute approximate surface area is 136 Å². The molecule has 3 saturated heterocycles. The van der Waals surface area contributed by atoms with E-state index in [4.69, 9.17) is 20.3 Å². The van der Waals surface area contributed by atoms with Crippen molar-refractivity contribution in [1.82, 2.24) is 9.91 Å². The number of rotatable bonds is 3. The van der Waals surface area contributed by atoms with Crippen LogP contribution in [-0.4, -0.2) is 56.0 Å². The molecular formula is C17H24N4O2. The number of hydrogen-bond donors (Lipinski definition) is 1. The molecule has 23 heavy (non-hydrogen) atoms. The first-order valence-electron chi connectivity index (χ1n) is 8.20. The molecule has 0 radical (unpaired) electrons. The molecule has 4 aliphatic rings. The maximum Gasteiger partial charge on any atom is 0.183 e. The fraction of sp³-hybridized carbons (Fsp3) is 0.588. The monoisotopic (exact) mass is 316 g/mol. The average Bonchev–Trinajstić information content (AvgIpc) is 2.93. The average molecular weight is 316 g/mol. The van der Waals surface area contributed by atoms with Crippen molar-refractivity contribution in [2.45, 2.75) is 24.9 Å². The Balaban J connectivity index is 1.75. The van der Waals surface area contributed by atoms with Gasteiger partial charge < -0.3 is 15.2 Å². The summed E-state index contributed by atoms with van der Waals surface area (Å²) in [4.78, 5) is 2.57. The highest BCUT2D eigenvalue weighted by atomic mass is 16.5. The second-order valence-corrected chi connectivity index (χ2v) is 6.64. The second kappa shape index (κ2) is 5.30. The lowest BCUT2D eigenvalue weighted by molar-refractivity contribution is 0.106. The van der Waals surface area contributed by atoms with Crippen LogP contribution in [0.15, 0.2) is 17.2 Å². The number of nitrogen functional groups attached to an aromatic ring is 1. The first-order valence-corrected chi connectivity index (χ1v) is 8.20. The number of hydrazone groups is 1. The lowest BCUT2D eigenvalue weighted by Gasteiger charge is -2.46. The van der Waals surface area contributed by atoms with Crippen LogP contribution in [0.2, 0.25) is 0 Å². The lowest BCUT2D eigenvalue weighted by Crippen LogP contribution is -2.56. The summed E-state index contributed by atoms with van der Waals surface area (Å²) in [5.74, 6) is 1.93. The lowest BCUT2D eigenvalue weighted by atomic mass is 9.78. The molecule has 0 amide bonds. The van der Waals surface area contributed by atoms with Crippen molar-refractivity contribution in [3.8, 4) is 11.5 Å². The summed E-state index contributed by atoms with van der Waals surface area (Å²) in [5.41, 5.74) is 9.29. The summed E-state index contributed by atoms with van der Waals surface area (Å²) in [6.45, 7) is 2.34. The molecule has 0 aliphatic carbocycles. The summed E-state index contributed by atoms with van der Waals surface area (Å²) in [6.07, 6.45) is 2.48. The molecule has 2 N–H and O–H groups in total. The molecule has 1 aromatic rings. The molecule has 1 aromatic carbocycles. The van der Waals surface area contributed by atoms with E-state index in [2.05, 4.69) is 17.0 Å². The normalized spacial score (nSPS) is 31.8. The summed E-state index contributed by atoms with van der Waals surface area (Å²) < 4.78 is 10.8. The van der Waals surface area contributed by atoms with Gasteiger partial charge in [-0.1, -0.05) is 0 Å². The highest BCUT2D eigenvalue weighted by Crippen LogP contribution is 2.45. The van der Waals surface area contributed by atoms with Crippen LogP contribution < -0.4 is 15.2 Å². The minimum Gasteiger partial charge on any atom is -0.493 e. The molecule has 6 heteroatoms. The Kier molecular flexibility index (Phi) is 3.37. The Bertz CT molecular complexity index is 652. The third kappa shape index (κ3) is 2.08. The molecule has 2 atom stereocenters. The number of nitrogens with zero attached hydrogens (tertiary/aromatic N) is 3. The summed E-state index contributed by atoms with van der Waals surface area (Å²) in [6, 6.07) is 4.60. The Hall–Kier alpha value is -1.95. The Morgan fingerprint density at radius 1 is 1.13 bits per heavy atom. The van der Waals surface area contributed by atoms with Gasteiger partial charge in [-0.15, -0.1) is 0 Å². The number of ether oxygens (including phenoxy) is 2. The molecule has 5 rings (SSSR count). The number of fused-ring (bicyclic) bond motifs is 2. The number of hydrogen-bond acceptors (Lipinski definition) is 6. The van der Waals surface area contributed by atoms with E-state index in [0.717, 1.165) is 5.56 Å². The summed E-state index contributed by atoms with van der Waals surface area (Å²) in [5, 5.41) is 6.97. The summed E-state index contributed by atoms with van der Waals surface area (Å²) in [7, 11) is 5.32. The van der Waals surface area contributed by atoms with Gasteiger partial charge in [0.15, 0.2) is 11.5 Å². The number of benzene rings is 1. The van der Waals surface area contributed by atoms with Crippen molar-refractivity contribution in [3.05, 3.63) is 17.7 Å². The van der Waals surface area contributed by atoms with Gasteiger partial charge in [0.2, 0.25) is 0 Å². The van der Waals surface area contributed by atoms with E-state index in [0.29, 0.717) is 29.1 Å². The van der Waals surface area contributed by atoms with Crippen LogP contribution in [0.1, 0.15) is 24.4 Å². The van der Waals surface area contributed by atoms with E-state index in [-0.39, 0.29) is 6.04 Å². The molecule has 4 aliphatic heterocycles.